The van der Waals surface area contributed by atoms with Gasteiger partial charge >= 0.3 is 0 Å². The monoisotopic (exact) mass is 313 g/mol. The Labute approximate surface area is 132 Å². The number of carbonyl (C=O) groups excluding carboxylic acids is 1. The molecule has 1 N–H and O–H groups in total. The van der Waals surface area contributed by atoms with E-state index in [0.717, 1.165) is 5.69 Å². The number of aromatic nitrogens is 1. The molecule has 0 unspecified atom stereocenters. The van der Waals surface area contributed by atoms with Gasteiger partial charge in [-0.1, -0.05) is 24.2 Å². The van der Waals surface area contributed by atoms with Gasteiger partial charge in [0.25, 0.3) is 5.91 Å². The van der Waals surface area contributed by atoms with Crippen LogP contribution in [0.15, 0.2) is 54.7 Å². The Hall–Kier alpha value is -2.84. The summed E-state index contributed by atoms with van der Waals surface area (Å²) < 4.78 is 5.57. The lowest BCUT2D eigenvalue weighted by Crippen LogP contribution is -2.12. The molecule has 0 aliphatic rings. The van der Waals surface area contributed by atoms with Crippen molar-refractivity contribution in [2.45, 2.75) is 6.61 Å². The number of amides is 1. The molecule has 1 aromatic carbocycles. The fourth-order valence-corrected chi connectivity index (χ4v) is 1.82. The quantitative estimate of drug-likeness (QED) is 0.678. The van der Waals surface area contributed by atoms with E-state index in [9.17, 15) is 4.79 Å². The molecule has 0 bridgehead atoms. The number of ether oxygens (including phenoxy) is 1. The van der Waals surface area contributed by atoms with Crippen LogP contribution in [0.4, 0.5) is 5.69 Å². The highest BCUT2D eigenvalue weighted by Crippen LogP contribution is 2.28. The maximum absolute atomic E-state index is 11.5. The summed E-state index contributed by atoms with van der Waals surface area (Å²) >= 11 is 6.11. The lowest BCUT2D eigenvalue weighted by Gasteiger charge is -2.10. The fraction of sp³-hybridized carbons (Fsp3) is 0.0625. The molecule has 2 rings (SSSR count). The first-order chi connectivity index (χ1) is 10.6. The highest BCUT2D eigenvalue weighted by Gasteiger charge is 2.09. The van der Waals surface area contributed by atoms with Gasteiger partial charge in [-0.05, 0) is 30.3 Å². The number of pyridine rings is 1. The molecule has 1 aromatic heterocycles. The van der Waals surface area contributed by atoms with Crippen LogP contribution >= 0.6 is 11.6 Å². The topological polar surface area (TPSA) is 75.0 Å². The van der Waals surface area contributed by atoms with Gasteiger partial charge in [0, 0.05) is 11.9 Å². The average Bonchev–Trinajstić information content (AvgIpc) is 2.54. The fourth-order valence-electron chi connectivity index (χ4n) is 1.59. The molecule has 0 fully saturated rings. The van der Waals surface area contributed by atoms with Crippen molar-refractivity contribution < 1.29 is 9.53 Å². The lowest BCUT2D eigenvalue weighted by molar-refractivity contribution is -0.112. The number of anilines is 1. The number of hydrogen-bond acceptors (Lipinski definition) is 4. The van der Waals surface area contributed by atoms with Crippen LogP contribution in [0, 0.1) is 11.3 Å². The Morgan fingerprint density at radius 3 is 2.86 bits per heavy atom. The molecule has 0 aliphatic heterocycles. The van der Waals surface area contributed by atoms with E-state index in [1.54, 1.807) is 24.4 Å². The summed E-state index contributed by atoms with van der Waals surface area (Å²) in [6.45, 7) is 3.62. The molecule has 0 atom stereocenters. The van der Waals surface area contributed by atoms with E-state index in [2.05, 4.69) is 16.9 Å². The second-order valence-electron chi connectivity index (χ2n) is 4.30. The molecule has 1 heterocycles. The van der Waals surface area contributed by atoms with Crippen LogP contribution in [0.25, 0.3) is 0 Å². The number of hydrogen-bond donors (Lipinski definition) is 1. The molecule has 0 spiro atoms. The van der Waals surface area contributed by atoms with Crippen LogP contribution in [0.1, 0.15) is 5.69 Å². The normalized spacial score (nSPS) is 9.64. The molecule has 2 aromatic rings. The number of benzene rings is 1. The van der Waals surface area contributed by atoms with Gasteiger partial charge in [0.15, 0.2) is 0 Å². The Morgan fingerprint density at radius 2 is 2.23 bits per heavy atom. The van der Waals surface area contributed by atoms with Gasteiger partial charge in [-0.3, -0.25) is 9.78 Å². The van der Waals surface area contributed by atoms with Gasteiger partial charge in [-0.2, -0.15) is 5.26 Å². The van der Waals surface area contributed by atoms with E-state index in [4.69, 9.17) is 21.6 Å². The molecule has 5 nitrogen and oxygen atoms in total. The van der Waals surface area contributed by atoms with E-state index in [-0.39, 0.29) is 12.2 Å². The summed E-state index contributed by atoms with van der Waals surface area (Å²) in [5.41, 5.74) is 1.06. The third kappa shape index (κ3) is 4.08. The minimum absolute atomic E-state index is 0.174. The molecule has 0 aliphatic carbocycles. The lowest BCUT2D eigenvalue weighted by atomic mass is 10.2. The van der Waals surface area contributed by atoms with Crippen LogP contribution in [0.2, 0.25) is 5.02 Å². The minimum atomic E-state index is -0.569. The predicted octanol–water partition coefficient (Wildman–Crippen LogP) is 3.33. The van der Waals surface area contributed by atoms with Crippen LogP contribution in [0.3, 0.4) is 0 Å². The SMILES string of the molecule is C=C(C#N)C(=O)Nc1ccc(OCc2ccccn2)c(Cl)c1. The molecule has 6 heteroatoms. The van der Waals surface area contributed by atoms with Crippen molar-refractivity contribution in [3.05, 3.63) is 65.5 Å². The third-order valence-electron chi connectivity index (χ3n) is 2.70. The second-order valence-corrected chi connectivity index (χ2v) is 4.71. The van der Waals surface area contributed by atoms with Crippen molar-refractivity contribution in [1.82, 2.24) is 4.98 Å². The zero-order chi connectivity index (χ0) is 15.9. The Bertz CT molecular complexity index is 739. The molecule has 0 saturated carbocycles. The molecular formula is C16H12ClN3O2. The maximum Gasteiger partial charge on any atom is 0.265 e. The standard InChI is InChI=1S/C16H12ClN3O2/c1-11(9-18)16(21)20-12-5-6-15(14(17)8-12)22-10-13-4-2-3-7-19-13/h2-8H,1,10H2,(H,20,21). The maximum atomic E-state index is 11.5. The second kappa shape index (κ2) is 7.25. The number of nitriles is 1. The molecular weight excluding hydrogens is 302 g/mol. The molecule has 1 amide bonds. The summed E-state index contributed by atoms with van der Waals surface area (Å²) in [5.74, 6) is -0.0925. The number of nitrogens with one attached hydrogen (secondary N) is 1. The van der Waals surface area contributed by atoms with Crippen molar-refractivity contribution >= 4 is 23.2 Å². The van der Waals surface area contributed by atoms with Gasteiger partial charge < -0.3 is 10.1 Å². The summed E-state index contributed by atoms with van der Waals surface area (Å²) in [7, 11) is 0. The number of rotatable bonds is 5. The summed E-state index contributed by atoms with van der Waals surface area (Å²) in [6.07, 6.45) is 1.68. The summed E-state index contributed by atoms with van der Waals surface area (Å²) in [6, 6.07) is 12.0. The van der Waals surface area contributed by atoms with E-state index in [1.807, 2.05) is 18.2 Å². The number of nitrogens with zero attached hydrogens (tertiary/aromatic N) is 2. The first-order valence-corrected chi connectivity index (χ1v) is 6.70. The van der Waals surface area contributed by atoms with Crippen molar-refractivity contribution in [3.63, 3.8) is 0 Å². The van der Waals surface area contributed by atoms with Gasteiger partial charge in [0.1, 0.15) is 24.0 Å². The molecule has 0 saturated heterocycles. The molecule has 0 radical (unpaired) electrons. The molecule has 110 valence electrons. The van der Waals surface area contributed by atoms with Crippen LogP contribution in [0.5, 0.6) is 5.75 Å². The summed E-state index contributed by atoms with van der Waals surface area (Å²) in [5, 5.41) is 11.5. The van der Waals surface area contributed by atoms with Crippen molar-refractivity contribution in [1.29, 1.82) is 5.26 Å². The zero-order valence-corrected chi connectivity index (χ0v) is 12.3. The van der Waals surface area contributed by atoms with Gasteiger partial charge in [-0.25, -0.2) is 0 Å². The largest absolute Gasteiger partial charge is 0.486 e. The van der Waals surface area contributed by atoms with Crippen molar-refractivity contribution in [2.24, 2.45) is 0 Å². The number of carbonyl (C=O) groups is 1. The highest BCUT2D eigenvalue weighted by molar-refractivity contribution is 6.32. The smallest absolute Gasteiger partial charge is 0.265 e. The first-order valence-electron chi connectivity index (χ1n) is 6.33. The van der Waals surface area contributed by atoms with E-state index in [1.165, 1.54) is 6.07 Å². The highest BCUT2D eigenvalue weighted by atomic mass is 35.5. The van der Waals surface area contributed by atoms with Gasteiger partial charge in [-0.15, -0.1) is 0 Å². The third-order valence-corrected chi connectivity index (χ3v) is 3.00. The number of halogens is 1. The van der Waals surface area contributed by atoms with Gasteiger partial charge in [0.05, 0.1) is 10.7 Å². The predicted molar refractivity (Wildman–Crippen MR) is 83.4 cm³/mol. The van der Waals surface area contributed by atoms with E-state index in [0.29, 0.717) is 16.5 Å². The minimum Gasteiger partial charge on any atom is -0.486 e. The van der Waals surface area contributed by atoms with Crippen molar-refractivity contribution in [2.75, 3.05) is 5.32 Å². The van der Waals surface area contributed by atoms with Crippen LogP contribution in [-0.4, -0.2) is 10.9 Å². The van der Waals surface area contributed by atoms with E-state index >= 15 is 0 Å². The van der Waals surface area contributed by atoms with Crippen molar-refractivity contribution in [3.8, 4) is 11.8 Å². The van der Waals surface area contributed by atoms with Crippen LogP contribution in [-0.2, 0) is 11.4 Å². The van der Waals surface area contributed by atoms with Crippen LogP contribution < -0.4 is 10.1 Å². The zero-order valence-electron chi connectivity index (χ0n) is 11.5. The first kappa shape index (κ1) is 15.5. The van der Waals surface area contributed by atoms with E-state index < -0.39 is 5.91 Å². The average molecular weight is 314 g/mol. The van der Waals surface area contributed by atoms with Gasteiger partial charge in [0.2, 0.25) is 0 Å². The Morgan fingerprint density at radius 1 is 1.41 bits per heavy atom. The Kier molecular flexibility index (Phi) is 5.12. The Balaban J connectivity index is 2.02. The summed E-state index contributed by atoms with van der Waals surface area (Å²) in [4.78, 5) is 15.7. The molecule has 22 heavy (non-hydrogen) atoms.